The summed E-state index contributed by atoms with van der Waals surface area (Å²) < 4.78 is 16.1. The molecule has 2 aromatic carbocycles. The summed E-state index contributed by atoms with van der Waals surface area (Å²) in [5, 5.41) is 3.29. The van der Waals surface area contributed by atoms with Crippen LogP contribution in [0.15, 0.2) is 48.5 Å². The number of hydrogen-bond acceptors (Lipinski definition) is 5. The standard InChI is InChI=1S/C24H31ClN2O5/c1-4-31-15-7-14-26-24(29)18(2)27(16-19-10-12-20(30-3)13-11-19)23(28)17-32-22-9-6-5-8-21(22)25/h5-6,8-13,18H,4,7,14-17H2,1-3H3,(H,26,29)/t18-/m0/s1. The van der Waals surface area contributed by atoms with Gasteiger partial charge in [0.1, 0.15) is 17.5 Å². The lowest BCUT2D eigenvalue weighted by Crippen LogP contribution is -2.49. The van der Waals surface area contributed by atoms with Crippen molar-refractivity contribution in [3.63, 3.8) is 0 Å². The van der Waals surface area contributed by atoms with E-state index in [1.54, 1.807) is 38.3 Å². The first-order valence-corrected chi connectivity index (χ1v) is 11.0. The third kappa shape index (κ3) is 8.05. The molecule has 2 amide bonds. The Morgan fingerprint density at radius 3 is 2.50 bits per heavy atom. The lowest BCUT2D eigenvalue weighted by molar-refractivity contribution is -0.142. The van der Waals surface area contributed by atoms with Gasteiger partial charge in [0, 0.05) is 26.3 Å². The average Bonchev–Trinajstić information content (AvgIpc) is 2.81. The SMILES string of the molecule is CCOCCCNC(=O)[C@H](C)N(Cc1ccc(OC)cc1)C(=O)COc1ccccc1Cl. The smallest absolute Gasteiger partial charge is 0.261 e. The van der Waals surface area contributed by atoms with Gasteiger partial charge < -0.3 is 24.4 Å². The van der Waals surface area contributed by atoms with E-state index >= 15 is 0 Å². The summed E-state index contributed by atoms with van der Waals surface area (Å²) in [5.41, 5.74) is 0.868. The minimum absolute atomic E-state index is 0.234. The van der Waals surface area contributed by atoms with Gasteiger partial charge >= 0.3 is 0 Å². The van der Waals surface area contributed by atoms with E-state index in [2.05, 4.69) is 5.32 Å². The van der Waals surface area contributed by atoms with Gasteiger partial charge in [0.2, 0.25) is 5.91 Å². The zero-order valence-corrected chi connectivity index (χ0v) is 19.6. The molecule has 0 aromatic heterocycles. The fourth-order valence-electron chi connectivity index (χ4n) is 2.97. The summed E-state index contributed by atoms with van der Waals surface area (Å²) >= 11 is 6.12. The normalized spacial score (nSPS) is 11.5. The molecule has 0 spiro atoms. The molecule has 0 aliphatic heterocycles. The summed E-state index contributed by atoms with van der Waals surface area (Å²) in [6.07, 6.45) is 0.703. The highest BCUT2D eigenvalue weighted by Gasteiger charge is 2.26. The molecule has 1 N–H and O–H groups in total. The number of halogens is 1. The second-order valence-corrected chi connectivity index (χ2v) is 7.51. The van der Waals surface area contributed by atoms with Gasteiger partial charge in [0.15, 0.2) is 6.61 Å². The Kier molecular flexibility index (Phi) is 10.8. The molecule has 0 heterocycles. The summed E-state index contributed by atoms with van der Waals surface area (Å²) in [6.45, 7) is 5.34. The highest BCUT2D eigenvalue weighted by atomic mass is 35.5. The van der Waals surface area contributed by atoms with Crippen molar-refractivity contribution in [1.29, 1.82) is 0 Å². The van der Waals surface area contributed by atoms with Crippen LogP contribution in [0.25, 0.3) is 0 Å². The van der Waals surface area contributed by atoms with Gasteiger partial charge in [-0.3, -0.25) is 9.59 Å². The lowest BCUT2D eigenvalue weighted by atomic mass is 10.1. The van der Waals surface area contributed by atoms with Crippen LogP contribution in [0, 0.1) is 0 Å². The Morgan fingerprint density at radius 2 is 1.84 bits per heavy atom. The molecule has 0 aliphatic carbocycles. The van der Waals surface area contributed by atoms with Crippen molar-refractivity contribution in [2.75, 3.05) is 33.5 Å². The molecule has 32 heavy (non-hydrogen) atoms. The molecular formula is C24H31ClN2O5. The van der Waals surface area contributed by atoms with Gasteiger partial charge in [-0.25, -0.2) is 0 Å². The fraction of sp³-hybridized carbons (Fsp3) is 0.417. The molecule has 2 aromatic rings. The van der Waals surface area contributed by atoms with Crippen LogP contribution in [0.3, 0.4) is 0 Å². The second kappa shape index (κ2) is 13.6. The van der Waals surface area contributed by atoms with Crippen molar-refractivity contribution in [3.8, 4) is 11.5 Å². The first-order chi connectivity index (χ1) is 15.5. The molecule has 7 nitrogen and oxygen atoms in total. The monoisotopic (exact) mass is 462 g/mol. The predicted octanol–water partition coefficient (Wildman–Crippen LogP) is 3.69. The molecule has 2 rings (SSSR count). The molecule has 0 saturated carbocycles. The molecule has 174 valence electrons. The molecule has 0 unspecified atom stereocenters. The Hall–Kier alpha value is -2.77. The number of benzene rings is 2. The van der Waals surface area contributed by atoms with Crippen LogP contribution < -0.4 is 14.8 Å². The van der Waals surface area contributed by atoms with Gasteiger partial charge in [-0.2, -0.15) is 0 Å². The Morgan fingerprint density at radius 1 is 1.12 bits per heavy atom. The number of nitrogens with one attached hydrogen (secondary N) is 1. The maximum absolute atomic E-state index is 13.0. The van der Waals surface area contributed by atoms with E-state index in [1.807, 2.05) is 31.2 Å². The number of carbonyl (C=O) groups is 2. The minimum Gasteiger partial charge on any atom is -0.497 e. The Balaban J connectivity index is 2.07. The van der Waals surface area contributed by atoms with E-state index in [4.69, 9.17) is 25.8 Å². The van der Waals surface area contributed by atoms with E-state index in [1.165, 1.54) is 4.90 Å². The number of hydrogen-bond donors (Lipinski definition) is 1. The van der Waals surface area contributed by atoms with E-state index in [-0.39, 0.29) is 25.0 Å². The van der Waals surface area contributed by atoms with Crippen molar-refractivity contribution >= 4 is 23.4 Å². The third-order valence-electron chi connectivity index (χ3n) is 4.84. The van der Waals surface area contributed by atoms with E-state index in [0.717, 1.165) is 5.56 Å². The van der Waals surface area contributed by atoms with Crippen LogP contribution >= 0.6 is 11.6 Å². The van der Waals surface area contributed by atoms with Crippen molar-refractivity contribution in [1.82, 2.24) is 10.2 Å². The summed E-state index contributed by atoms with van der Waals surface area (Å²) in [7, 11) is 1.59. The molecule has 0 saturated heterocycles. The zero-order valence-electron chi connectivity index (χ0n) is 18.8. The zero-order chi connectivity index (χ0) is 23.3. The van der Waals surface area contributed by atoms with E-state index in [9.17, 15) is 9.59 Å². The molecule has 0 radical (unpaired) electrons. The average molecular weight is 463 g/mol. The first kappa shape index (κ1) is 25.5. The Labute approximate surface area is 194 Å². The van der Waals surface area contributed by atoms with Crippen LogP contribution in [0.2, 0.25) is 5.02 Å². The summed E-state index contributed by atoms with van der Waals surface area (Å²) in [4.78, 5) is 27.3. The number of carbonyl (C=O) groups excluding carboxylic acids is 2. The largest absolute Gasteiger partial charge is 0.497 e. The highest BCUT2D eigenvalue weighted by Crippen LogP contribution is 2.23. The van der Waals surface area contributed by atoms with E-state index < -0.39 is 6.04 Å². The van der Waals surface area contributed by atoms with Crippen LogP contribution in [-0.4, -0.2) is 56.2 Å². The van der Waals surface area contributed by atoms with E-state index in [0.29, 0.717) is 42.7 Å². The lowest BCUT2D eigenvalue weighted by Gasteiger charge is -2.29. The van der Waals surface area contributed by atoms with Crippen LogP contribution in [0.1, 0.15) is 25.8 Å². The first-order valence-electron chi connectivity index (χ1n) is 10.6. The maximum Gasteiger partial charge on any atom is 0.261 e. The molecule has 0 fully saturated rings. The van der Waals surface area contributed by atoms with Gasteiger partial charge in [-0.1, -0.05) is 35.9 Å². The van der Waals surface area contributed by atoms with Gasteiger partial charge in [0.05, 0.1) is 12.1 Å². The summed E-state index contributed by atoms with van der Waals surface area (Å²) in [5.74, 6) is 0.576. The number of nitrogens with zero attached hydrogens (tertiary/aromatic N) is 1. The van der Waals surface area contributed by atoms with Crippen molar-refractivity contribution in [2.45, 2.75) is 32.9 Å². The second-order valence-electron chi connectivity index (χ2n) is 7.11. The minimum atomic E-state index is -0.688. The van der Waals surface area contributed by atoms with Crippen molar-refractivity contribution < 1.29 is 23.8 Å². The quantitative estimate of drug-likeness (QED) is 0.459. The van der Waals surface area contributed by atoms with Gasteiger partial charge in [-0.15, -0.1) is 0 Å². The highest BCUT2D eigenvalue weighted by molar-refractivity contribution is 6.32. The van der Waals surface area contributed by atoms with Crippen LogP contribution in [-0.2, 0) is 20.9 Å². The van der Waals surface area contributed by atoms with Gasteiger partial charge in [0.25, 0.3) is 5.91 Å². The van der Waals surface area contributed by atoms with Crippen LogP contribution in [0.5, 0.6) is 11.5 Å². The van der Waals surface area contributed by atoms with Crippen molar-refractivity contribution in [2.24, 2.45) is 0 Å². The molecule has 8 heteroatoms. The predicted molar refractivity (Wildman–Crippen MR) is 124 cm³/mol. The topological polar surface area (TPSA) is 77.1 Å². The van der Waals surface area contributed by atoms with Gasteiger partial charge in [-0.05, 0) is 50.1 Å². The molecular weight excluding hydrogens is 432 g/mol. The maximum atomic E-state index is 13.0. The number of methoxy groups -OCH3 is 1. The number of ether oxygens (including phenoxy) is 3. The molecule has 0 bridgehead atoms. The fourth-order valence-corrected chi connectivity index (χ4v) is 3.16. The van der Waals surface area contributed by atoms with Crippen LogP contribution in [0.4, 0.5) is 0 Å². The molecule has 1 atom stereocenters. The third-order valence-corrected chi connectivity index (χ3v) is 5.15. The molecule has 0 aliphatic rings. The Bertz CT molecular complexity index is 860. The number of amides is 2. The number of para-hydroxylation sites is 1. The number of rotatable bonds is 13. The summed E-state index contributed by atoms with van der Waals surface area (Å²) in [6, 6.07) is 13.6. The van der Waals surface area contributed by atoms with Crippen molar-refractivity contribution in [3.05, 3.63) is 59.1 Å².